The van der Waals surface area contributed by atoms with Crippen molar-refractivity contribution in [2.24, 2.45) is 0 Å². The molecule has 1 atom stereocenters. The smallest absolute Gasteiger partial charge is 0.260 e. The molecule has 0 spiro atoms. The van der Waals surface area contributed by atoms with E-state index < -0.39 is 12.0 Å². The van der Waals surface area contributed by atoms with E-state index in [2.05, 4.69) is 5.32 Å². The van der Waals surface area contributed by atoms with Crippen LogP contribution in [0.15, 0.2) is 0 Å². The summed E-state index contributed by atoms with van der Waals surface area (Å²) in [6, 6.07) is -0.631. The summed E-state index contributed by atoms with van der Waals surface area (Å²) in [6.07, 6.45) is 0. The van der Waals surface area contributed by atoms with Crippen LogP contribution in [0.25, 0.3) is 0 Å². The lowest BCUT2D eigenvalue weighted by Crippen LogP contribution is -2.43. The van der Waals surface area contributed by atoms with Gasteiger partial charge < -0.3 is 5.32 Å². The summed E-state index contributed by atoms with van der Waals surface area (Å²) in [5, 5.41) is 2.73. The molecule has 0 aliphatic carbocycles. The highest BCUT2D eigenvalue weighted by molar-refractivity contribution is 4.75. The predicted molar refractivity (Wildman–Crippen MR) is 38.4 cm³/mol. The van der Waals surface area contributed by atoms with Crippen molar-refractivity contribution in [3.8, 4) is 0 Å². The standard InChI is InChI=1S/C7H15F2N/c1-5(2)10-6(3)7(4,8)9/h5-6,10H,1-4H3. The molecule has 0 bridgehead atoms. The van der Waals surface area contributed by atoms with Crippen molar-refractivity contribution in [1.29, 1.82) is 0 Å². The first-order valence-electron chi connectivity index (χ1n) is 3.48. The zero-order valence-corrected chi connectivity index (χ0v) is 6.91. The number of halogens is 2. The van der Waals surface area contributed by atoms with Gasteiger partial charge in [-0.2, -0.15) is 0 Å². The third-order valence-corrected chi connectivity index (χ3v) is 1.34. The highest BCUT2D eigenvalue weighted by atomic mass is 19.3. The number of hydrogen-bond acceptors (Lipinski definition) is 1. The second-order valence-corrected chi connectivity index (χ2v) is 3.00. The Kier molecular flexibility index (Phi) is 3.22. The van der Waals surface area contributed by atoms with E-state index in [1.165, 1.54) is 6.92 Å². The van der Waals surface area contributed by atoms with Crippen LogP contribution in [0.1, 0.15) is 27.7 Å². The van der Waals surface area contributed by atoms with Crippen LogP contribution in [0.4, 0.5) is 8.78 Å². The van der Waals surface area contributed by atoms with E-state index in [1.54, 1.807) is 0 Å². The molecule has 0 aromatic heterocycles. The fourth-order valence-corrected chi connectivity index (χ4v) is 0.646. The lowest BCUT2D eigenvalue weighted by Gasteiger charge is -2.22. The third-order valence-electron chi connectivity index (χ3n) is 1.34. The molecule has 0 rings (SSSR count). The fourth-order valence-electron chi connectivity index (χ4n) is 0.646. The van der Waals surface area contributed by atoms with Crippen LogP contribution in [0.5, 0.6) is 0 Å². The molecule has 1 N–H and O–H groups in total. The van der Waals surface area contributed by atoms with E-state index in [0.717, 1.165) is 6.92 Å². The quantitative estimate of drug-likeness (QED) is 0.650. The SMILES string of the molecule is CC(C)NC(C)C(C)(F)F. The van der Waals surface area contributed by atoms with Gasteiger partial charge in [0.2, 0.25) is 0 Å². The van der Waals surface area contributed by atoms with Crippen LogP contribution in [0.2, 0.25) is 0 Å². The number of alkyl halides is 2. The summed E-state index contributed by atoms with van der Waals surface area (Å²) < 4.78 is 24.8. The average molecular weight is 151 g/mol. The Hall–Kier alpha value is -0.180. The van der Waals surface area contributed by atoms with E-state index in [-0.39, 0.29) is 6.04 Å². The molecule has 0 aromatic carbocycles. The van der Waals surface area contributed by atoms with Crippen LogP contribution in [-0.2, 0) is 0 Å². The van der Waals surface area contributed by atoms with Gasteiger partial charge in [-0.25, -0.2) is 8.78 Å². The molecular formula is C7H15F2N. The summed E-state index contributed by atoms with van der Waals surface area (Å²) >= 11 is 0. The highest BCUT2D eigenvalue weighted by Gasteiger charge is 2.29. The molecule has 0 amide bonds. The molecule has 0 aliphatic rings. The normalized spacial score (nSPS) is 15.9. The Bertz CT molecular complexity index is 96.3. The molecule has 0 aromatic rings. The zero-order chi connectivity index (χ0) is 8.36. The Balaban J connectivity index is 3.73. The van der Waals surface area contributed by atoms with Crippen molar-refractivity contribution in [1.82, 2.24) is 5.32 Å². The van der Waals surface area contributed by atoms with Crippen LogP contribution >= 0.6 is 0 Å². The topological polar surface area (TPSA) is 12.0 Å². The first-order valence-corrected chi connectivity index (χ1v) is 3.48. The van der Waals surface area contributed by atoms with Gasteiger partial charge in [0.25, 0.3) is 5.92 Å². The molecule has 0 fully saturated rings. The average Bonchev–Trinajstić information content (AvgIpc) is 1.60. The lowest BCUT2D eigenvalue weighted by molar-refractivity contribution is -0.0145. The van der Waals surface area contributed by atoms with Crippen molar-refractivity contribution in [3.63, 3.8) is 0 Å². The lowest BCUT2D eigenvalue weighted by atomic mass is 10.2. The number of hydrogen-bond donors (Lipinski definition) is 1. The maximum Gasteiger partial charge on any atom is 0.260 e. The van der Waals surface area contributed by atoms with E-state index in [9.17, 15) is 8.78 Å². The van der Waals surface area contributed by atoms with Gasteiger partial charge in [0.1, 0.15) is 0 Å². The molecule has 1 unspecified atom stereocenters. The van der Waals surface area contributed by atoms with Gasteiger partial charge in [0, 0.05) is 13.0 Å². The summed E-state index contributed by atoms with van der Waals surface area (Å²) in [5.74, 6) is -2.62. The first kappa shape index (κ1) is 9.82. The zero-order valence-electron chi connectivity index (χ0n) is 6.91. The molecular weight excluding hydrogens is 136 g/mol. The molecule has 3 heteroatoms. The van der Waals surface area contributed by atoms with Crippen molar-refractivity contribution >= 4 is 0 Å². The second kappa shape index (κ2) is 3.28. The minimum absolute atomic E-state index is 0.112. The minimum Gasteiger partial charge on any atom is -0.307 e. The van der Waals surface area contributed by atoms with Gasteiger partial charge in [-0.1, -0.05) is 13.8 Å². The first-order chi connectivity index (χ1) is 4.34. The van der Waals surface area contributed by atoms with Crippen LogP contribution in [0, 0.1) is 0 Å². The summed E-state index contributed by atoms with van der Waals surface area (Å²) in [7, 11) is 0. The van der Waals surface area contributed by atoms with Gasteiger partial charge in [-0.05, 0) is 6.92 Å². The van der Waals surface area contributed by atoms with Gasteiger partial charge in [-0.15, -0.1) is 0 Å². The maximum atomic E-state index is 12.4. The second-order valence-electron chi connectivity index (χ2n) is 3.00. The monoisotopic (exact) mass is 151 g/mol. The molecule has 1 nitrogen and oxygen atoms in total. The Labute approximate surface area is 60.8 Å². The van der Waals surface area contributed by atoms with E-state index in [0.29, 0.717) is 0 Å². The predicted octanol–water partition coefficient (Wildman–Crippen LogP) is 2.03. The summed E-state index contributed by atoms with van der Waals surface area (Å²) in [6.45, 7) is 6.11. The number of nitrogens with one attached hydrogen (secondary N) is 1. The van der Waals surface area contributed by atoms with E-state index in [1.807, 2.05) is 13.8 Å². The molecule has 0 radical (unpaired) electrons. The van der Waals surface area contributed by atoms with Crippen molar-refractivity contribution in [3.05, 3.63) is 0 Å². The Morgan fingerprint density at radius 2 is 1.60 bits per heavy atom. The van der Waals surface area contributed by atoms with Crippen LogP contribution in [0.3, 0.4) is 0 Å². The minimum atomic E-state index is -2.62. The van der Waals surface area contributed by atoms with Gasteiger partial charge >= 0.3 is 0 Å². The molecule has 0 saturated heterocycles. The maximum absolute atomic E-state index is 12.4. The van der Waals surface area contributed by atoms with Crippen LogP contribution in [-0.4, -0.2) is 18.0 Å². The number of rotatable bonds is 3. The van der Waals surface area contributed by atoms with Crippen molar-refractivity contribution in [2.75, 3.05) is 0 Å². The Morgan fingerprint density at radius 1 is 1.20 bits per heavy atom. The van der Waals surface area contributed by atoms with Crippen molar-refractivity contribution < 1.29 is 8.78 Å². The molecule has 10 heavy (non-hydrogen) atoms. The molecule has 0 heterocycles. The summed E-state index contributed by atoms with van der Waals surface area (Å²) in [4.78, 5) is 0. The van der Waals surface area contributed by atoms with Gasteiger partial charge in [-0.3, -0.25) is 0 Å². The molecule has 0 aliphatic heterocycles. The van der Waals surface area contributed by atoms with Gasteiger partial charge in [0.05, 0.1) is 6.04 Å². The molecule has 62 valence electrons. The van der Waals surface area contributed by atoms with Crippen molar-refractivity contribution in [2.45, 2.75) is 45.7 Å². The fraction of sp³-hybridized carbons (Fsp3) is 1.00. The van der Waals surface area contributed by atoms with Gasteiger partial charge in [0.15, 0.2) is 0 Å². The highest BCUT2D eigenvalue weighted by Crippen LogP contribution is 2.16. The Morgan fingerprint density at radius 3 is 1.70 bits per heavy atom. The third kappa shape index (κ3) is 3.77. The van der Waals surface area contributed by atoms with Crippen LogP contribution < -0.4 is 5.32 Å². The van der Waals surface area contributed by atoms with E-state index >= 15 is 0 Å². The van der Waals surface area contributed by atoms with E-state index in [4.69, 9.17) is 0 Å². The summed E-state index contributed by atoms with van der Waals surface area (Å²) in [5.41, 5.74) is 0. The largest absolute Gasteiger partial charge is 0.307 e. The molecule has 0 saturated carbocycles.